The summed E-state index contributed by atoms with van der Waals surface area (Å²) in [5.74, 6) is -0.263. The third-order valence-corrected chi connectivity index (χ3v) is 4.16. The molecule has 6 atom stereocenters. The van der Waals surface area contributed by atoms with Crippen LogP contribution >= 0.6 is 0 Å². The van der Waals surface area contributed by atoms with Crippen LogP contribution in [0.1, 0.15) is 6.04 Å². The van der Waals surface area contributed by atoms with Gasteiger partial charge in [-0.3, -0.25) is 14.3 Å². The number of H-pyrrole nitrogens is 1. The predicted molar refractivity (Wildman–Crippen MR) is 69.3 cm³/mol. The Labute approximate surface area is 114 Å². The Bertz CT molecular complexity index is 636. The molecule has 3 rings (SSSR count). The number of aliphatic hydroxyl groups is 2. The smallest absolute Gasteiger partial charge is 0.328 e. The van der Waals surface area contributed by atoms with Gasteiger partial charge in [0.05, 0.1) is 18.8 Å². The highest BCUT2D eigenvalue weighted by Crippen LogP contribution is 2.58. The SMILES string of the molecule is C=CC1O[C@H](CO)[C@H](O)C2C1[C@H]2n1ccc(=O)[nH]c1=O. The van der Waals surface area contributed by atoms with E-state index in [1.165, 1.54) is 16.8 Å². The zero-order valence-electron chi connectivity index (χ0n) is 10.7. The summed E-state index contributed by atoms with van der Waals surface area (Å²) in [6.07, 6.45) is 1.19. The summed E-state index contributed by atoms with van der Waals surface area (Å²) >= 11 is 0. The highest BCUT2D eigenvalue weighted by molar-refractivity contribution is 5.16. The van der Waals surface area contributed by atoms with E-state index in [1.54, 1.807) is 6.08 Å². The molecule has 0 bridgehead atoms. The van der Waals surface area contributed by atoms with Gasteiger partial charge in [0.15, 0.2) is 0 Å². The summed E-state index contributed by atoms with van der Waals surface area (Å²) in [7, 11) is 0. The van der Waals surface area contributed by atoms with E-state index in [9.17, 15) is 19.8 Å². The van der Waals surface area contributed by atoms with Crippen molar-refractivity contribution in [3.05, 3.63) is 45.8 Å². The number of rotatable bonds is 3. The molecule has 0 amide bonds. The monoisotopic (exact) mass is 280 g/mol. The van der Waals surface area contributed by atoms with E-state index in [4.69, 9.17) is 4.74 Å². The lowest BCUT2D eigenvalue weighted by atomic mass is 10.0. The summed E-state index contributed by atoms with van der Waals surface area (Å²) in [6.45, 7) is 3.40. The Morgan fingerprint density at radius 3 is 2.80 bits per heavy atom. The van der Waals surface area contributed by atoms with Gasteiger partial charge in [0.25, 0.3) is 5.56 Å². The maximum absolute atomic E-state index is 11.8. The number of nitrogens with zero attached hydrogens (tertiary/aromatic N) is 1. The van der Waals surface area contributed by atoms with Crippen molar-refractivity contribution >= 4 is 0 Å². The molecule has 0 radical (unpaired) electrons. The van der Waals surface area contributed by atoms with Gasteiger partial charge in [-0.1, -0.05) is 6.08 Å². The van der Waals surface area contributed by atoms with Gasteiger partial charge < -0.3 is 14.9 Å². The van der Waals surface area contributed by atoms with E-state index in [2.05, 4.69) is 11.6 Å². The second-order valence-electron chi connectivity index (χ2n) is 5.21. The van der Waals surface area contributed by atoms with Gasteiger partial charge in [-0.25, -0.2) is 4.79 Å². The predicted octanol–water partition coefficient (Wildman–Crippen LogP) is -1.37. The fourth-order valence-electron chi connectivity index (χ4n) is 3.20. The molecular formula is C13H16N2O5. The standard InChI is InChI=1S/C13H16N2O5/c1-2-6-9-10(12(18)7(5-16)20-6)11(9)15-4-3-8(17)14-13(15)19/h2-4,6-7,9-12,16,18H,1,5H2,(H,14,17,19)/t6?,7-,9?,10?,11-,12+/m1/s1. The Morgan fingerprint density at radius 2 is 2.20 bits per heavy atom. The average molecular weight is 280 g/mol. The minimum Gasteiger partial charge on any atom is -0.394 e. The van der Waals surface area contributed by atoms with Gasteiger partial charge in [0.1, 0.15) is 6.10 Å². The second-order valence-corrected chi connectivity index (χ2v) is 5.21. The molecule has 2 aliphatic rings. The minimum absolute atomic E-state index is 0.0751. The van der Waals surface area contributed by atoms with Crippen LogP contribution in [0.4, 0.5) is 0 Å². The molecule has 0 aromatic carbocycles. The van der Waals surface area contributed by atoms with E-state index < -0.39 is 23.5 Å². The first kappa shape index (κ1) is 13.3. The molecule has 0 spiro atoms. The Hall–Kier alpha value is -1.70. The molecule has 7 heteroatoms. The molecule has 1 aliphatic heterocycles. The van der Waals surface area contributed by atoms with Crippen molar-refractivity contribution in [2.24, 2.45) is 11.8 Å². The van der Waals surface area contributed by atoms with Gasteiger partial charge in [0.2, 0.25) is 0 Å². The zero-order valence-corrected chi connectivity index (χ0v) is 10.7. The second kappa shape index (κ2) is 4.69. The van der Waals surface area contributed by atoms with Gasteiger partial charge in [0, 0.05) is 30.1 Å². The van der Waals surface area contributed by atoms with Crippen LogP contribution in [0, 0.1) is 11.8 Å². The number of aromatic amines is 1. The molecule has 2 heterocycles. The van der Waals surface area contributed by atoms with Crippen molar-refractivity contribution in [1.29, 1.82) is 0 Å². The quantitative estimate of drug-likeness (QED) is 0.593. The van der Waals surface area contributed by atoms with Crippen LogP contribution in [-0.4, -0.2) is 44.7 Å². The number of nitrogens with one attached hydrogen (secondary N) is 1. The number of hydrogen-bond acceptors (Lipinski definition) is 5. The van der Waals surface area contributed by atoms with Crippen molar-refractivity contribution in [2.45, 2.75) is 24.4 Å². The Morgan fingerprint density at radius 1 is 1.45 bits per heavy atom. The number of ether oxygens (including phenoxy) is 1. The summed E-state index contributed by atoms with van der Waals surface area (Å²) in [5, 5.41) is 19.4. The van der Waals surface area contributed by atoms with E-state index in [1.807, 2.05) is 0 Å². The van der Waals surface area contributed by atoms with Crippen LogP contribution in [0.2, 0.25) is 0 Å². The van der Waals surface area contributed by atoms with Gasteiger partial charge >= 0.3 is 5.69 Å². The highest BCUT2D eigenvalue weighted by atomic mass is 16.5. The van der Waals surface area contributed by atoms with E-state index in [0.29, 0.717) is 0 Å². The van der Waals surface area contributed by atoms with Crippen LogP contribution in [-0.2, 0) is 4.74 Å². The lowest BCUT2D eigenvalue weighted by Crippen LogP contribution is -2.42. The topological polar surface area (TPSA) is 105 Å². The normalized spacial score (nSPS) is 39.1. The maximum atomic E-state index is 11.8. The Balaban J connectivity index is 1.95. The van der Waals surface area contributed by atoms with Crippen LogP contribution in [0.15, 0.2) is 34.5 Å². The van der Waals surface area contributed by atoms with Crippen LogP contribution in [0.25, 0.3) is 0 Å². The van der Waals surface area contributed by atoms with Gasteiger partial charge in [-0.2, -0.15) is 0 Å². The summed E-state index contributed by atoms with van der Waals surface area (Å²) in [5.41, 5.74) is -0.965. The third-order valence-electron chi connectivity index (χ3n) is 4.16. The lowest BCUT2D eigenvalue weighted by molar-refractivity contribution is -0.124. The molecule has 2 fully saturated rings. The van der Waals surface area contributed by atoms with E-state index in [0.717, 1.165) is 0 Å². The number of aromatic nitrogens is 2. The molecule has 1 saturated carbocycles. The summed E-state index contributed by atoms with van der Waals surface area (Å²) in [6, 6.07) is 1.01. The molecule has 108 valence electrons. The average Bonchev–Trinajstić information content (AvgIpc) is 3.15. The summed E-state index contributed by atoms with van der Waals surface area (Å²) < 4.78 is 6.96. The molecule has 7 nitrogen and oxygen atoms in total. The first-order valence-electron chi connectivity index (χ1n) is 6.47. The third kappa shape index (κ3) is 1.86. The highest BCUT2D eigenvalue weighted by Gasteiger charge is 2.63. The van der Waals surface area contributed by atoms with Crippen molar-refractivity contribution < 1.29 is 14.9 Å². The van der Waals surface area contributed by atoms with Gasteiger partial charge in [-0.05, 0) is 0 Å². The zero-order chi connectivity index (χ0) is 14.4. The van der Waals surface area contributed by atoms with Gasteiger partial charge in [-0.15, -0.1) is 6.58 Å². The fourth-order valence-corrected chi connectivity index (χ4v) is 3.20. The number of fused-ring (bicyclic) bond motifs is 1. The van der Waals surface area contributed by atoms with Crippen molar-refractivity contribution in [2.75, 3.05) is 6.61 Å². The first-order valence-corrected chi connectivity index (χ1v) is 6.47. The lowest BCUT2D eigenvalue weighted by Gasteiger charge is -2.30. The van der Waals surface area contributed by atoms with Crippen molar-refractivity contribution in [3.63, 3.8) is 0 Å². The largest absolute Gasteiger partial charge is 0.394 e. The van der Waals surface area contributed by atoms with Crippen molar-refractivity contribution in [3.8, 4) is 0 Å². The molecular weight excluding hydrogens is 264 g/mol. The van der Waals surface area contributed by atoms with Crippen LogP contribution in [0.3, 0.4) is 0 Å². The number of aliphatic hydroxyl groups excluding tert-OH is 2. The molecule has 1 aromatic rings. The fraction of sp³-hybridized carbons (Fsp3) is 0.538. The molecule has 1 aromatic heterocycles. The molecule has 1 saturated heterocycles. The first-order chi connectivity index (χ1) is 9.58. The van der Waals surface area contributed by atoms with Crippen LogP contribution in [0.5, 0.6) is 0 Å². The Kier molecular flexibility index (Phi) is 3.12. The van der Waals surface area contributed by atoms with Crippen molar-refractivity contribution in [1.82, 2.24) is 9.55 Å². The molecule has 3 unspecified atom stereocenters. The number of hydrogen-bond donors (Lipinski definition) is 3. The molecule has 20 heavy (non-hydrogen) atoms. The van der Waals surface area contributed by atoms with Crippen LogP contribution < -0.4 is 11.2 Å². The maximum Gasteiger partial charge on any atom is 0.328 e. The summed E-state index contributed by atoms with van der Waals surface area (Å²) in [4.78, 5) is 25.1. The van der Waals surface area contributed by atoms with E-state index >= 15 is 0 Å². The minimum atomic E-state index is -0.843. The molecule has 1 aliphatic carbocycles. The molecule has 3 N–H and O–H groups in total. The van der Waals surface area contributed by atoms with E-state index in [-0.39, 0.29) is 30.6 Å².